The maximum Gasteiger partial charge on any atom is 0.222 e. The highest BCUT2D eigenvalue weighted by atomic mass is 35.5. The number of nitrogens with one attached hydrogen (secondary N) is 1. The Morgan fingerprint density at radius 2 is 2.00 bits per heavy atom. The molecule has 1 unspecified atom stereocenters. The zero-order valence-electron chi connectivity index (χ0n) is 17.1. The van der Waals surface area contributed by atoms with E-state index in [1.54, 1.807) is 14.2 Å². The molecule has 1 atom stereocenters. The fourth-order valence-electron chi connectivity index (χ4n) is 3.51. The first kappa shape index (κ1) is 23.6. The van der Waals surface area contributed by atoms with Crippen molar-refractivity contribution in [2.24, 2.45) is 11.8 Å². The molecule has 1 N–H and O–H groups in total. The van der Waals surface area contributed by atoms with Gasteiger partial charge in [-0.05, 0) is 61.9 Å². The molecule has 154 valence electrons. The van der Waals surface area contributed by atoms with Crippen LogP contribution in [0, 0.1) is 11.8 Å². The molecule has 1 heterocycles. The van der Waals surface area contributed by atoms with Gasteiger partial charge in [-0.25, -0.2) is 0 Å². The number of benzene rings is 1. The highest BCUT2D eigenvalue weighted by Gasteiger charge is 2.19. The zero-order valence-corrected chi connectivity index (χ0v) is 17.9. The molecule has 1 saturated heterocycles. The molecule has 0 saturated carbocycles. The molecular weight excluding hydrogens is 364 g/mol. The molecule has 1 aromatic rings. The molecule has 0 spiro atoms. The number of amides is 1. The van der Waals surface area contributed by atoms with Crippen molar-refractivity contribution in [2.45, 2.75) is 39.5 Å². The highest BCUT2D eigenvalue weighted by molar-refractivity contribution is 5.85. The Morgan fingerprint density at radius 1 is 1.26 bits per heavy atom. The number of halogens is 1. The van der Waals surface area contributed by atoms with Gasteiger partial charge in [-0.1, -0.05) is 19.9 Å². The van der Waals surface area contributed by atoms with Crippen molar-refractivity contribution in [1.82, 2.24) is 10.2 Å². The van der Waals surface area contributed by atoms with Crippen LogP contribution in [0.25, 0.3) is 0 Å². The van der Waals surface area contributed by atoms with E-state index in [-0.39, 0.29) is 18.3 Å². The van der Waals surface area contributed by atoms with E-state index in [4.69, 9.17) is 9.47 Å². The number of carbonyl (C=O) groups excluding carboxylic acids is 1. The Hall–Kier alpha value is -1.46. The minimum atomic E-state index is 0. The molecule has 1 fully saturated rings. The van der Waals surface area contributed by atoms with Gasteiger partial charge in [0, 0.05) is 19.5 Å². The largest absolute Gasteiger partial charge is 0.493 e. The first-order chi connectivity index (χ1) is 12.5. The van der Waals surface area contributed by atoms with Gasteiger partial charge < -0.3 is 19.7 Å². The third-order valence-corrected chi connectivity index (χ3v) is 4.99. The maximum atomic E-state index is 12.7. The van der Waals surface area contributed by atoms with E-state index < -0.39 is 0 Å². The Labute approximate surface area is 170 Å². The van der Waals surface area contributed by atoms with Gasteiger partial charge in [0.2, 0.25) is 5.91 Å². The van der Waals surface area contributed by atoms with Crippen molar-refractivity contribution in [3.8, 4) is 11.5 Å². The molecule has 0 radical (unpaired) electrons. The van der Waals surface area contributed by atoms with E-state index in [1.807, 2.05) is 23.1 Å². The molecule has 5 nitrogen and oxygen atoms in total. The summed E-state index contributed by atoms with van der Waals surface area (Å²) in [5.74, 6) is 2.88. The molecule has 1 aliphatic rings. The fourth-order valence-corrected chi connectivity index (χ4v) is 3.51. The summed E-state index contributed by atoms with van der Waals surface area (Å²) in [7, 11) is 3.29. The third kappa shape index (κ3) is 7.59. The molecule has 2 rings (SSSR count). The fraction of sp³-hybridized carbons (Fsp3) is 0.667. The second-order valence-corrected chi connectivity index (χ2v) is 7.57. The lowest BCUT2D eigenvalue weighted by molar-refractivity contribution is -0.132. The van der Waals surface area contributed by atoms with E-state index in [9.17, 15) is 4.79 Å². The van der Waals surface area contributed by atoms with Gasteiger partial charge in [0.05, 0.1) is 14.2 Å². The smallest absolute Gasteiger partial charge is 0.222 e. The van der Waals surface area contributed by atoms with Crippen LogP contribution in [0.5, 0.6) is 11.5 Å². The Morgan fingerprint density at radius 3 is 2.59 bits per heavy atom. The van der Waals surface area contributed by atoms with Gasteiger partial charge >= 0.3 is 0 Å². The molecule has 0 aromatic heterocycles. The maximum absolute atomic E-state index is 12.7. The second kappa shape index (κ2) is 12.1. The molecule has 0 aliphatic carbocycles. The summed E-state index contributed by atoms with van der Waals surface area (Å²) >= 11 is 0. The number of rotatable bonds is 10. The molecule has 27 heavy (non-hydrogen) atoms. The summed E-state index contributed by atoms with van der Waals surface area (Å²) in [6.07, 6.45) is 3.68. The van der Waals surface area contributed by atoms with Crippen LogP contribution in [0.2, 0.25) is 0 Å². The lowest BCUT2D eigenvalue weighted by Crippen LogP contribution is -2.36. The number of carbonyl (C=O) groups is 1. The summed E-state index contributed by atoms with van der Waals surface area (Å²) in [5, 5.41) is 3.38. The number of methoxy groups -OCH3 is 2. The van der Waals surface area contributed by atoms with Gasteiger partial charge in [-0.15, -0.1) is 12.4 Å². The quantitative estimate of drug-likeness (QED) is 0.654. The minimum absolute atomic E-state index is 0. The monoisotopic (exact) mass is 398 g/mol. The van der Waals surface area contributed by atoms with Crippen LogP contribution in [0.3, 0.4) is 0 Å². The molecule has 6 heteroatoms. The van der Waals surface area contributed by atoms with Crippen molar-refractivity contribution < 1.29 is 14.3 Å². The van der Waals surface area contributed by atoms with Crippen LogP contribution >= 0.6 is 12.4 Å². The lowest BCUT2D eigenvalue weighted by atomic mass is 10.0. The standard InChI is InChI=1S/C21H34N2O3.ClH/c1-16(2)15-23(21(24)8-6-18-9-11-22-14-18)12-10-17-5-7-19(25-3)20(13-17)26-4;/h5,7,13,16,18,22H,6,8-12,14-15H2,1-4H3;1H. The normalized spacial score (nSPS) is 16.1. The molecular formula is C21H35ClN2O3. The van der Waals surface area contributed by atoms with E-state index in [0.29, 0.717) is 18.3 Å². The van der Waals surface area contributed by atoms with Crippen LogP contribution in [0.4, 0.5) is 0 Å². The van der Waals surface area contributed by atoms with Crippen LogP contribution < -0.4 is 14.8 Å². The number of nitrogens with zero attached hydrogens (tertiary/aromatic N) is 1. The van der Waals surface area contributed by atoms with Gasteiger partial charge in [0.1, 0.15) is 0 Å². The number of hydrogen-bond acceptors (Lipinski definition) is 4. The summed E-state index contributed by atoms with van der Waals surface area (Å²) in [6.45, 7) is 8.04. The topological polar surface area (TPSA) is 50.8 Å². The first-order valence-corrected chi connectivity index (χ1v) is 9.72. The summed E-state index contributed by atoms with van der Waals surface area (Å²) < 4.78 is 10.7. The van der Waals surface area contributed by atoms with Crippen molar-refractivity contribution >= 4 is 18.3 Å². The van der Waals surface area contributed by atoms with Crippen LogP contribution in [0.15, 0.2) is 18.2 Å². The number of ether oxygens (including phenoxy) is 2. The van der Waals surface area contributed by atoms with E-state index in [2.05, 4.69) is 19.2 Å². The Bertz CT molecular complexity index is 575. The second-order valence-electron chi connectivity index (χ2n) is 7.57. The molecule has 1 amide bonds. The minimum Gasteiger partial charge on any atom is -0.493 e. The van der Waals surface area contributed by atoms with Crippen molar-refractivity contribution in [3.05, 3.63) is 23.8 Å². The summed E-state index contributed by atoms with van der Waals surface area (Å²) in [6, 6.07) is 5.97. The van der Waals surface area contributed by atoms with Crippen molar-refractivity contribution in [2.75, 3.05) is 40.4 Å². The molecule has 1 aromatic carbocycles. The Kier molecular flexibility index (Phi) is 10.6. The van der Waals surface area contributed by atoms with Crippen LogP contribution in [-0.4, -0.2) is 51.2 Å². The van der Waals surface area contributed by atoms with Crippen molar-refractivity contribution in [1.29, 1.82) is 0 Å². The van der Waals surface area contributed by atoms with E-state index >= 15 is 0 Å². The van der Waals surface area contributed by atoms with Gasteiger partial charge in [-0.3, -0.25) is 4.79 Å². The average molecular weight is 399 g/mol. The highest BCUT2D eigenvalue weighted by Crippen LogP contribution is 2.27. The average Bonchev–Trinajstić information content (AvgIpc) is 3.16. The Balaban J connectivity index is 0.00000364. The summed E-state index contributed by atoms with van der Waals surface area (Å²) in [4.78, 5) is 14.8. The SMILES string of the molecule is COc1ccc(CCN(CC(C)C)C(=O)CCC2CCNC2)cc1OC.Cl. The lowest BCUT2D eigenvalue weighted by Gasteiger charge is -2.25. The zero-order chi connectivity index (χ0) is 18.9. The van der Waals surface area contributed by atoms with Gasteiger partial charge in [-0.2, -0.15) is 0 Å². The molecule has 0 bridgehead atoms. The first-order valence-electron chi connectivity index (χ1n) is 9.72. The van der Waals surface area contributed by atoms with E-state index in [1.165, 1.54) is 6.42 Å². The number of hydrogen-bond donors (Lipinski definition) is 1. The predicted molar refractivity (Wildman–Crippen MR) is 112 cm³/mol. The van der Waals surface area contributed by atoms with Crippen LogP contribution in [0.1, 0.15) is 38.7 Å². The van der Waals surface area contributed by atoms with E-state index in [0.717, 1.165) is 56.1 Å². The van der Waals surface area contributed by atoms with Gasteiger partial charge in [0.25, 0.3) is 0 Å². The molecule has 1 aliphatic heterocycles. The predicted octanol–water partition coefficient (Wildman–Crippen LogP) is 3.54. The summed E-state index contributed by atoms with van der Waals surface area (Å²) in [5.41, 5.74) is 1.16. The van der Waals surface area contributed by atoms with Crippen molar-refractivity contribution in [3.63, 3.8) is 0 Å². The van der Waals surface area contributed by atoms with Crippen LogP contribution in [-0.2, 0) is 11.2 Å². The third-order valence-electron chi connectivity index (χ3n) is 4.99. The van der Waals surface area contributed by atoms with Gasteiger partial charge in [0.15, 0.2) is 11.5 Å².